The first-order chi connectivity index (χ1) is 16.1. The van der Waals surface area contributed by atoms with Crippen molar-refractivity contribution in [2.45, 2.75) is 42.7 Å². The summed E-state index contributed by atoms with van der Waals surface area (Å²) in [6.07, 6.45) is 4.29. The molecule has 174 valence electrons. The lowest BCUT2D eigenvalue weighted by Gasteiger charge is -2.40. The van der Waals surface area contributed by atoms with Crippen molar-refractivity contribution < 1.29 is 19.1 Å². The van der Waals surface area contributed by atoms with E-state index < -0.39 is 6.09 Å². The van der Waals surface area contributed by atoms with Crippen LogP contribution in [-0.4, -0.2) is 49.2 Å². The van der Waals surface area contributed by atoms with E-state index in [0.29, 0.717) is 17.9 Å². The molecule has 0 aromatic heterocycles. The van der Waals surface area contributed by atoms with Gasteiger partial charge in [-0.2, -0.15) is 0 Å². The molecule has 1 aliphatic carbocycles. The average Bonchev–Trinajstić information content (AvgIpc) is 3.37. The van der Waals surface area contributed by atoms with Gasteiger partial charge in [0.1, 0.15) is 11.9 Å². The highest BCUT2D eigenvalue weighted by atomic mass is 32.2. The summed E-state index contributed by atoms with van der Waals surface area (Å²) in [4.78, 5) is 29.4. The lowest BCUT2D eigenvalue weighted by Crippen LogP contribution is -2.45. The molecule has 0 bridgehead atoms. The Morgan fingerprint density at radius 1 is 1.09 bits per heavy atom. The molecule has 2 N–H and O–H groups in total. The van der Waals surface area contributed by atoms with Crippen molar-refractivity contribution in [2.75, 3.05) is 19.4 Å². The van der Waals surface area contributed by atoms with Gasteiger partial charge in [-0.25, -0.2) is 4.79 Å². The quantitative estimate of drug-likeness (QED) is 0.639. The van der Waals surface area contributed by atoms with Crippen molar-refractivity contribution in [3.8, 4) is 5.75 Å². The fraction of sp³-hybridized carbons (Fsp3) is 0.400. The summed E-state index contributed by atoms with van der Waals surface area (Å²) in [6.45, 7) is 0.500. The second-order valence-corrected chi connectivity index (χ2v) is 9.41. The Kier molecular flexibility index (Phi) is 7.54. The smallest absolute Gasteiger partial charge is 0.409 e. The molecular formula is C25H29N3O4S. The number of hydrogen-bond donors (Lipinski definition) is 2. The molecule has 0 spiro atoms. The molecule has 1 heterocycles. The molecule has 1 saturated carbocycles. The average molecular weight is 468 g/mol. The predicted molar refractivity (Wildman–Crippen MR) is 130 cm³/mol. The number of thioether (sulfide) groups is 1. The van der Waals surface area contributed by atoms with Gasteiger partial charge in [-0.05, 0) is 43.4 Å². The molecule has 7 nitrogen and oxygen atoms in total. The van der Waals surface area contributed by atoms with E-state index in [1.54, 1.807) is 37.2 Å². The maximum Gasteiger partial charge on any atom is 0.409 e. The monoisotopic (exact) mass is 467 g/mol. The molecule has 1 atom stereocenters. The van der Waals surface area contributed by atoms with E-state index in [2.05, 4.69) is 27.8 Å². The van der Waals surface area contributed by atoms with Gasteiger partial charge in [-0.1, -0.05) is 42.5 Å². The van der Waals surface area contributed by atoms with E-state index in [1.165, 1.54) is 5.56 Å². The topological polar surface area (TPSA) is 89.0 Å². The lowest BCUT2D eigenvalue weighted by atomic mass is 9.68. The molecule has 0 radical (unpaired) electrons. The number of hydrogen-bond acceptors (Lipinski definition) is 6. The highest BCUT2D eigenvalue weighted by Gasteiger charge is 2.38. The molecule has 2 amide bonds. The molecule has 1 unspecified atom stereocenters. The van der Waals surface area contributed by atoms with Crippen molar-refractivity contribution in [1.29, 1.82) is 0 Å². The van der Waals surface area contributed by atoms with Crippen LogP contribution in [0.4, 0.5) is 4.79 Å². The largest absolute Gasteiger partial charge is 0.496 e. The van der Waals surface area contributed by atoms with Gasteiger partial charge >= 0.3 is 6.09 Å². The van der Waals surface area contributed by atoms with Gasteiger partial charge in [0.2, 0.25) is 0 Å². The van der Waals surface area contributed by atoms with Crippen LogP contribution in [0, 0.1) is 0 Å². The van der Waals surface area contributed by atoms with Gasteiger partial charge < -0.3 is 14.8 Å². The maximum atomic E-state index is 12.9. The summed E-state index contributed by atoms with van der Waals surface area (Å²) in [5, 5.41) is 5.91. The van der Waals surface area contributed by atoms with Crippen molar-refractivity contribution in [1.82, 2.24) is 10.6 Å². The Morgan fingerprint density at radius 3 is 2.52 bits per heavy atom. The number of benzene rings is 2. The maximum absolute atomic E-state index is 12.9. The third-order valence-corrected chi connectivity index (χ3v) is 7.20. The number of methoxy groups -OCH3 is 1. The van der Waals surface area contributed by atoms with Crippen molar-refractivity contribution in [3.05, 3.63) is 65.7 Å². The fourth-order valence-corrected chi connectivity index (χ4v) is 5.19. The van der Waals surface area contributed by atoms with Crippen LogP contribution in [0.2, 0.25) is 0 Å². The summed E-state index contributed by atoms with van der Waals surface area (Å²) in [5.74, 6) is 1.20. The van der Waals surface area contributed by atoms with Gasteiger partial charge in [0, 0.05) is 23.9 Å². The van der Waals surface area contributed by atoms with E-state index in [4.69, 9.17) is 9.47 Å². The van der Waals surface area contributed by atoms with Gasteiger partial charge in [-0.15, -0.1) is 11.8 Å². The first kappa shape index (κ1) is 23.2. The number of nitrogens with one attached hydrogen (secondary N) is 2. The molecule has 4 rings (SSSR count). The molecule has 2 aliphatic rings. The number of carbonyl (C=O) groups is 2. The van der Waals surface area contributed by atoms with Crippen LogP contribution in [-0.2, 0) is 10.2 Å². The third-order valence-electron chi connectivity index (χ3n) is 6.30. The number of carbonyl (C=O) groups excluding carboxylic acids is 2. The summed E-state index contributed by atoms with van der Waals surface area (Å²) in [6, 6.07) is 17.5. The van der Waals surface area contributed by atoms with E-state index in [0.717, 1.165) is 31.4 Å². The molecule has 2 aromatic carbocycles. The van der Waals surface area contributed by atoms with Crippen LogP contribution in [0.5, 0.6) is 5.75 Å². The minimum atomic E-state index is -0.423. The highest BCUT2D eigenvalue weighted by molar-refractivity contribution is 8.00. The zero-order chi connectivity index (χ0) is 23.1. The summed E-state index contributed by atoms with van der Waals surface area (Å²) < 4.78 is 11.0. The van der Waals surface area contributed by atoms with Crippen LogP contribution >= 0.6 is 11.8 Å². The van der Waals surface area contributed by atoms with Gasteiger partial charge in [0.25, 0.3) is 5.91 Å². The van der Waals surface area contributed by atoms with Gasteiger partial charge in [0.15, 0.2) is 5.50 Å². The first-order valence-corrected chi connectivity index (χ1v) is 12.2. The Bertz CT molecular complexity index is 990. The molecule has 0 saturated heterocycles. The summed E-state index contributed by atoms with van der Waals surface area (Å²) in [5.41, 5.74) is 1.23. The Hall–Kier alpha value is -3.00. The third kappa shape index (κ3) is 5.68. The number of amides is 2. The Morgan fingerprint density at radius 2 is 1.82 bits per heavy atom. The summed E-state index contributed by atoms with van der Waals surface area (Å²) >= 11 is 1.56. The number of aliphatic imine (C=N–C) groups is 1. The molecule has 8 heteroatoms. The Labute approximate surface area is 198 Å². The molecular weight excluding hydrogens is 438 g/mol. The van der Waals surface area contributed by atoms with E-state index in [9.17, 15) is 9.59 Å². The van der Waals surface area contributed by atoms with Crippen LogP contribution < -0.4 is 15.4 Å². The number of ether oxygens (including phenoxy) is 2. The zero-order valence-corrected chi connectivity index (χ0v) is 19.5. The normalized spacial score (nSPS) is 24.2. The van der Waals surface area contributed by atoms with Crippen molar-refractivity contribution in [3.63, 3.8) is 0 Å². The number of alkyl carbamates (subject to hydrolysis) is 1. The van der Waals surface area contributed by atoms with E-state index in [-0.39, 0.29) is 22.9 Å². The second kappa shape index (κ2) is 10.7. The minimum absolute atomic E-state index is 0.151. The SMILES string of the molecule is COc1ccccc1C(=O)NCC1(c2ccccc2)CCC(OC(=O)NC2N=CCS2)CC1. The molecule has 33 heavy (non-hydrogen) atoms. The Balaban J connectivity index is 1.40. The lowest BCUT2D eigenvalue weighted by molar-refractivity contribution is 0.0562. The highest BCUT2D eigenvalue weighted by Crippen LogP contribution is 2.40. The predicted octanol–water partition coefficient (Wildman–Crippen LogP) is 4.13. The van der Waals surface area contributed by atoms with E-state index in [1.807, 2.05) is 30.3 Å². The molecule has 1 fully saturated rings. The van der Waals surface area contributed by atoms with Gasteiger partial charge in [-0.3, -0.25) is 15.1 Å². The van der Waals surface area contributed by atoms with E-state index >= 15 is 0 Å². The van der Waals surface area contributed by atoms with Gasteiger partial charge in [0.05, 0.1) is 12.7 Å². The van der Waals surface area contributed by atoms with Crippen molar-refractivity contribution in [2.24, 2.45) is 4.99 Å². The standard InChI is InChI=1S/C25H29N3O4S/c1-31-21-10-6-5-9-20(21)22(29)27-17-25(18-7-3-2-4-8-18)13-11-19(12-14-25)32-24(30)28-23-26-15-16-33-23/h2-10,15,19,23H,11-14,16-17H2,1H3,(H,27,29)(H,28,30). The minimum Gasteiger partial charge on any atom is -0.496 e. The fourth-order valence-electron chi connectivity index (χ4n) is 4.48. The summed E-state index contributed by atoms with van der Waals surface area (Å²) in [7, 11) is 1.56. The van der Waals surface area contributed by atoms with Crippen LogP contribution in [0.1, 0.15) is 41.6 Å². The number of para-hydroxylation sites is 1. The zero-order valence-electron chi connectivity index (χ0n) is 18.7. The van der Waals surface area contributed by atoms with Crippen molar-refractivity contribution >= 4 is 30.0 Å². The first-order valence-electron chi connectivity index (χ1n) is 11.2. The van der Waals surface area contributed by atoms with Crippen LogP contribution in [0.3, 0.4) is 0 Å². The molecule has 1 aliphatic heterocycles. The second-order valence-electron chi connectivity index (χ2n) is 8.30. The number of rotatable bonds is 7. The number of nitrogens with zero attached hydrogens (tertiary/aromatic N) is 1. The van der Waals surface area contributed by atoms with Crippen LogP contribution in [0.25, 0.3) is 0 Å². The van der Waals surface area contributed by atoms with Crippen LogP contribution in [0.15, 0.2) is 59.6 Å². The molecule has 2 aromatic rings.